The number of carbonyl (C=O) groups excluding carboxylic acids is 1. The molecule has 0 saturated carbocycles. The molecule has 3 N–H and O–H groups in total. The molecule has 0 aliphatic carbocycles. The van der Waals surface area contributed by atoms with Gasteiger partial charge >= 0.3 is 0 Å². The molecule has 1 unspecified atom stereocenters. The highest BCUT2D eigenvalue weighted by Gasteiger charge is 2.17. The van der Waals surface area contributed by atoms with Crippen molar-refractivity contribution in [2.45, 2.75) is 13.0 Å². The number of hydrogen-bond acceptors (Lipinski definition) is 5. The minimum absolute atomic E-state index is 0.258. The van der Waals surface area contributed by atoms with Crippen molar-refractivity contribution in [3.05, 3.63) is 34.1 Å². The molecular weight excluding hydrogens is 233 g/mol. The Morgan fingerprint density at radius 3 is 2.76 bits per heavy atom. The quantitative estimate of drug-likeness (QED) is 0.346. The molecule has 0 fully saturated rings. The van der Waals surface area contributed by atoms with E-state index in [-0.39, 0.29) is 5.75 Å². The summed E-state index contributed by atoms with van der Waals surface area (Å²) in [5.41, 5.74) is 1.44. The molecule has 1 rings (SSSR count). The van der Waals surface area contributed by atoms with Crippen LogP contribution in [0.4, 0.5) is 10.1 Å². The maximum absolute atomic E-state index is 13.3. The van der Waals surface area contributed by atoms with Gasteiger partial charge in [-0.1, -0.05) is 0 Å². The Labute approximate surface area is 95.5 Å². The zero-order valence-electron chi connectivity index (χ0n) is 8.84. The summed E-state index contributed by atoms with van der Waals surface area (Å²) in [7, 11) is 0. The van der Waals surface area contributed by atoms with Gasteiger partial charge in [0.25, 0.3) is 11.6 Å². The van der Waals surface area contributed by atoms with Crippen LogP contribution >= 0.6 is 0 Å². The van der Waals surface area contributed by atoms with E-state index in [4.69, 9.17) is 10.6 Å². The zero-order chi connectivity index (χ0) is 13.0. The first-order valence-corrected chi connectivity index (χ1v) is 4.56. The number of carbonyl (C=O) groups is 1. The number of nitro groups is 1. The first-order valence-electron chi connectivity index (χ1n) is 4.56. The second-order valence-electron chi connectivity index (χ2n) is 3.14. The van der Waals surface area contributed by atoms with E-state index in [1.165, 1.54) is 6.92 Å². The Balaban J connectivity index is 2.86. The van der Waals surface area contributed by atoms with E-state index < -0.39 is 28.4 Å². The number of rotatable bonds is 4. The van der Waals surface area contributed by atoms with Gasteiger partial charge in [-0.05, 0) is 13.0 Å². The molecule has 0 aromatic heterocycles. The fourth-order valence-electron chi connectivity index (χ4n) is 1.06. The number of halogens is 1. The van der Waals surface area contributed by atoms with Crippen LogP contribution in [0.15, 0.2) is 18.2 Å². The lowest BCUT2D eigenvalue weighted by molar-refractivity contribution is -0.385. The van der Waals surface area contributed by atoms with Crippen LogP contribution in [0, 0.1) is 15.9 Å². The van der Waals surface area contributed by atoms with Gasteiger partial charge in [-0.2, -0.15) is 0 Å². The normalized spacial score (nSPS) is 11.7. The standard InChI is InChI=1S/C9H10FN3O4/c1-5(9(14)12-11)17-8-3-2-6(13(15)16)4-7(8)10/h2-5H,11H2,1H3,(H,12,14). The predicted octanol–water partition coefficient (Wildman–Crippen LogP) is 0.491. The molecule has 1 aromatic rings. The van der Waals surface area contributed by atoms with Crippen molar-refractivity contribution in [2.24, 2.45) is 5.84 Å². The lowest BCUT2D eigenvalue weighted by Gasteiger charge is -2.13. The van der Waals surface area contributed by atoms with Gasteiger partial charge in [0.2, 0.25) is 0 Å². The molecule has 0 aliphatic heterocycles. The highest BCUT2D eigenvalue weighted by atomic mass is 19.1. The third kappa shape index (κ3) is 3.11. The maximum atomic E-state index is 13.3. The van der Waals surface area contributed by atoms with Crippen LogP contribution in [-0.2, 0) is 4.79 Å². The SMILES string of the molecule is CC(Oc1ccc([N+](=O)[O-])cc1F)C(=O)NN. The van der Waals surface area contributed by atoms with Gasteiger partial charge in [-0.15, -0.1) is 0 Å². The van der Waals surface area contributed by atoms with Crippen LogP contribution < -0.4 is 16.0 Å². The number of hydrogen-bond donors (Lipinski definition) is 2. The number of nitrogens with zero attached hydrogens (tertiary/aromatic N) is 1. The van der Waals surface area contributed by atoms with E-state index in [1.54, 1.807) is 0 Å². The summed E-state index contributed by atoms with van der Waals surface area (Å²) in [4.78, 5) is 20.6. The first kappa shape index (κ1) is 12.8. The monoisotopic (exact) mass is 243 g/mol. The van der Waals surface area contributed by atoms with Crippen molar-refractivity contribution in [3.63, 3.8) is 0 Å². The molecule has 0 bridgehead atoms. The lowest BCUT2D eigenvalue weighted by atomic mass is 10.3. The van der Waals surface area contributed by atoms with Crippen molar-refractivity contribution in [2.75, 3.05) is 0 Å². The summed E-state index contributed by atoms with van der Waals surface area (Å²) >= 11 is 0. The van der Waals surface area contributed by atoms with Crippen LogP contribution in [-0.4, -0.2) is 16.9 Å². The summed E-state index contributed by atoms with van der Waals surface area (Å²) in [5, 5.41) is 10.4. The van der Waals surface area contributed by atoms with Crippen molar-refractivity contribution in [1.29, 1.82) is 0 Å². The van der Waals surface area contributed by atoms with Crippen LogP contribution in [0.5, 0.6) is 5.75 Å². The fraction of sp³-hybridized carbons (Fsp3) is 0.222. The topological polar surface area (TPSA) is 107 Å². The van der Waals surface area contributed by atoms with E-state index in [2.05, 4.69) is 0 Å². The predicted molar refractivity (Wildman–Crippen MR) is 55.5 cm³/mol. The van der Waals surface area contributed by atoms with Crippen LogP contribution in [0.25, 0.3) is 0 Å². The number of ether oxygens (including phenoxy) is 1. The van der Waals surface area contributed by atoms with Gasteiger partial charge < -0.3 is 4.74 Å². The van der Waals surface area contributed by atoms with E-state index in [9.17, 15) is 19.3 Å². The van der Waals surface area contributed by atoms with Gasteiger partial charge in [-0.25, -0.2) is 10.2 Å². The number of nitro benzene ring substituents is 1. The Bertz CT molecular complexity index is 452. The van der Waals surface area contributed by atoms with Crippen molar-refractivity contribution < 1.29 is 18.8 Å². The van der Waals surface area contributed by atoms with Crippen LogP contribution in [0.1, 0.15) is 6.92 Å². The summed E-state index contributed by atoms with van der Waals surface area (Å²) in [6, 6.07) is 2.86. The largest absolute Gasteiger partial charge is 0.478 e. The second-order valence-corrected chi connectivity index (χ2v) is 3.14. The molecule has 0 aliphatic rings. The molecule has 0 spiro atoms. The van der Waals surface area contributed by atoms with Crippen LogP contribution in [0.3, 0.4) is 0 Å². The van der Waals surface area contributed by atoms with Crippen LogP contribution in [0.2, 0.25) is 0 Å². The van der Waals surface area contributed by atoms with E-state index in [1.807, 2.05) is 5.43 Å². The maximum Gasteiger partial charge on any atom is 0.274 e. The van der Waals surface area contributed by atoms with Gasteiger partial charge in [-0.3, -0.25) is 20.3 Å². The van der Waals surface area contributed by atoms with Crippen molar-refractivity contribution >= 4 is 11.6 Å². The molecular formula is C9H10FN3O4. The minimum atomic E-state index is -1.00. The molecule has 8 heteroatoms. The highest BCUT2D eigenvalue weighted by molar-refractivity contribution is 5.80. The summed E-state index contributed by atoms with van der Waals surface area (Å²) in [6.07, 6.45) is -1.00. The first-order chi connectivity index (χ1) is 7.95. The number of amides is 1. The summed E-state index contributed by atoms with van der Waals surface area (Å²) in [6.45, 7) is 1.36. The minimum Gasteiger partial charge on any atom is -0.478 e. The molecule has 1 aromatic carbocycles. The Kier molecular flexibility index (Phi) is 3.94. The third-order valence-electron chi connectivity index (χ3n) is 1.94. The Hall–Kier alpha value is -2.22. The number of non-ortho nitro benzene ring substituents is 1. The molecule has 0 heterocycles. The smallest absolute Gasteiger partial charge is 0.274 e. The number of hydrazine groups is 1. The van der Waals surface area contributed by atoms with E-state index in [0.717, 1.165) is 12.1 Å². The van der Waals surface area contributed by atoms with E-state index in [0.29, 0.717) is 6.07 Å². The zero-order valence-corrected chi connectivity index (χ0v) is 8.84. The van der Waals surface area contributed by atoms with Gasteiger partial charge in [0.1, 0.15) is 0 Å². The molecule has 0 saturated heterocycles. The number of nitrogens with two attached hydrogens (primary N) is 1. The summed E-state index contributed by atoms with van der Waals surface area (Å²) in [5.74, 6) is 3.05. The average Bonchev–Trinajstić information content (AvgIpc) is 2.30. The highest BCUT2D eigenvalue weighted by Crippen LogP contribution is 2.23. The van der Waals surface area contributed by atoms with Gasteiger partial charge in [0, 0.05) is 6.07 Å². The van der Waals surface area contributed by atoms with Gasteiger partial charge in [0.05, 0.1) is 11.0 Å². The molecule has 0 radical (unpaired) electrons. The molecule has 17 heavy (non-hydrogen) atoms. The van der Waals surface area contributed by atoms with Gasteiger partial charge in [0.15, 0.2) is 17.7 Å². The molecule has 1 atom stereocenters. The number of nitrogens with one attached hydrogen (secondary N) is 1. The lowest BCUT2D eigenvalue weighted by Crippen LogP contribution is -2.40. The van der Waals surface area contributed by atoms with E-state index >= 15 is 0 Å². The second kappa shape index (κ2) is 5.21. The fourth-order valence-corrected chi connectivity index (χ4v) is 1.06. The Morgan fingerprint density at radius 2 is 2.29 bits per heavy atom. The molecule has 7 nitrogen and oxygen atoms in total. The van der Waals surface area contributed by atoms with Crippen molar-refractivity contribution in [1.82, 2.24) is 5.43 Å². The molecule has 92 valence electrons. The third-order valence-corrected chi connectivity index (χ3v) is 1.94. The molecule has 1 amide bonds. The average molecular weight is 243 g/mol. The number of benzene rings is 1. The van der Waals surface area contributed by atoms with Crippen molar-refractivity contribution in [3.8, 4) is 5.75 Å². The summed E-state index contributed by atoms with van der Waals surface area (Å²) < 4.78 is 18.3. The Morgan fingerprint density at radius 1 is 1.65 bits per heavy atom.